The molecule has 1 aliphatic carbocycles. The molecular weight excluding hydrogens is 295 g/mol. The van der Waals surface area contributed by atoms with Crippen LogP contribution in [-0.4, -0.2) is 5.11 Å². The molecule has 0 bridgehead atoms. The van der Waals surface area contributed by atoms with Crippen LogP contribution in [0.15, 0.2) is 48.5 Å². The number of rotatable bonds is 3. The van der Waals surface area contributed by atoms with Crippen molar-refractivity contribution in [3.63, 3.8) is 0 Å². The minimum absolute atomic E-state index is 0.219. The van der Waals surface area contributed by atoms with Crippen molar-refractivity contribution in [3.05, 3.63) is 71.0 Å². The summed E-state index contributed by atoms with van der Waals surface area (Å²) >= 11 is 5.39. The quantitative estimate of drug-likeness (QED) is 0.841. The number of hydrogen-bond donors (Lipinski definition) is 2. The first-order valence-corrected chi connectivity index (χ1v) is 8.00. The maximum Gasteiger partial charge on any atom is 0.167 e. The summed E-state index contributed by atoms with van der Waals surface area (Å²) in [4.78, 5) is 0. The van der Waals surface area contributed by atoms with Crippen molar-refractivity contribution in [3.8, 4) is 0 Å². The van der Waals surface area contributed by atoms with E-state index in [1.807, 2.05) is 0 Å². The number of hydrogen-bond acceptors (Lipinski definition) is 1. The first-order valence-electron chi connectivity index (χ1n) is 7.59. The van der Waals surface area contributed by atoms with Gasteiger partial charge in [0.05, 0.1) is 6.04 Å². The molecule has 2 aromatic carbocycles. The molecular formula is C18H19FN2S. The standard InChI is InChI=1S/C18H19FN2S/c19-15-10-8-13(9-11-15)12-20-18(22)21-17-7-3-5-14-4-1-2-6-16(14)17/h1-2,4,6,8-11,17H,3,5,7,12H2,(H2,20,21,22). The summed E-state index contributed by atoms with van der Waals surface area (Å²) in [5, 5.41) is 7.24. The molecule has 0 aromatic heterocycles. The van der Waals surface area contributed by atoms with Crippen molar-refractivity contribution in [1.29, 1.82) is 0 Å². The maximum atomic E-state index is 12.9. The van der Waals surface area contributed by atoms with Crippen LogP contribution in [0, 0.1) is 5.82 Å². The largest absolute Gasteiger partial charge is 0.359 e. The van der Waals surface area contributed by atoms with Gasteiger partial charge >= 0.3 is 0 Å². The molecule has 2 nitrogen and oxygen atoms in total. The van der Waals surface area contributed by atoms with Crippen molar-refractivity contribution in [1.82, 2.24) is 10.6 Å². The lowest BCUT2D eigenvalue weighted by Crippen LogP contribution is -2.38. The van der Waals surface area contributed by atoms with Gasteiger partial charge in [0, 0.05) is 6.54 Å². The number of fused-ring (bicyclic) bond motifs is 1. The van der Waals surface area contributed by atoms with Crippen LogP contribution in [0.25, 0.3) is 0 Å². The first kappa shape index (κ1) is 15.0. The van der Waals surface area contributed by atoms with Crippen LogP contribution in [0.5, 0.6) is 0 Å². The van der Waals surface area contributed by atoms with Crippen molar-refractivity contribution < 1.29 is 4.39 Å². The van der Waals surface area contributed by atoms with Crippen LogP contribution in [0.2, 0.25) is 0 Å². The molecule has 0 aliphatic heterocycles. The normalized spacial score (nSPS) is 16.7. The zero-order valence-corrected chi connectivity index (χ0v) is 13.1. The molecule has 0 spiro atoms. The smallest absolute Gasteiger partial charge is 0.167 e. The molecule has 0 saturated carbocycles. The van der Waals surface area contributed by atoms with Crippen LogP contribution in [0.3, 0.4) is 0 Å². The Morgan fingerprint density at radius 3 is 2.73 bits per heavy atom. The molecule has 4 heteroatoms. The lowest BCUT2D eigenvalue weighted by atomic mass is 9.88. The Morgan fingerprint density at radius 1 is 1.14 bits per heavy atom. The fourth-order valence-corrected chi connectivity index (χ4v) is 3.11. The number of halogens is 1. The van der Waals surface area contributed by atoms with E-state index in [1.54, 1.807) is 12.1 Å². The molecule has 1 unspecified atom stereocenters. The molecule has 1 atom stereocenters. The molecule has 0 saturated heterocycles. The third-order valence-electron chi connectivity index (χ3n) is 4.04. The van der Waals surface area contributed by atoms with E-state index < -0.39 is 0 Å². The summed E-state index contributed by atoms with van der Waals surface area (Å²) in [7, 11) is 0. The number of thiocarbonyl (C=S) groups is 1. The Balaban J connectivity index is 1.57. The number of benzene rings is 2. The molecule has 1 aliphatic rings. The molecule has 114 valence electrons. The fraction of sp³-hybridized carbons (Fsp3) is 0.278. The predicted molar refractivity (Wildman–Crippen MR) is 91.1 cm³/mol. The van der Waals surface area contributed by atoms with Gasteiger partial charge in [-0.25, -0.2) is 4.39 Å². The van der Waals surface area contributed by atoms with Gasteiger partial charge in [-0.3, -0.25) is 0 Å². The summed E-state index contributed by atoms with van der Waals surface area (Å²) in [5.41, 5.74) is 3.77. The summed E-state index contributed by atoms with van der Waals surface area (Å²) < 4.78 is 12.9. The molecule has 0 fully saturated rings. The molecule has 0 heterocycles. The van der Waals surface area contributed by atoms with Gasteiger partial charge in [-0.15, -0.1) is 0 Å². The van der Waals surface area contributed by atoms with Crippen molar-refractivity contribution in [2.45, 2.75) is 31.8 Å². The van der Waals surface area contributed by atoms with Crippen LogP contribution < -0.4 is 10.6 Å². The van der Waals surface area contributed by atoms with Gasteiger partial charge in [-0.05, 0) is 60.3 Å². The maximum absolute atomic E-state index is 12.9. The fourth-order valence-electron chi connectivity index (χ4n) is 2.90. The Hall–Kier alpha value is -1.94. The highest BCUT2D eigenvalue weighted by Crippen LogP contribution is 2.29. The summed E-state index contributed by atoms with van der Waals surface area (Å²) in [6, 6.07) is 15.3. The van der Waals surface area contributed by atoms with Gasteiger partial charge in [0.1, 0.15) is 5.82 Å². The molecule has 0 amide bonds. The Morgan fingerprint density at radius 2 is 1.91 bits per heavy atom. The summed E-state index contributed by atoms with van der Waals surface area (Å²) in [6.07, 6.45) is 3.41. The zero-order chi connectivity index (χ0) is 15.4. The predicted octanol–water partition coefficient (Wildman–Crippen LogP) is 3.87. The van der Waals surface area contributed by atoms with E-state index in [0.29, 0.717) is 11.7 Å². The van der Waals surface area contributed by atoms with Gasteiger partial charge in [0.2, 0.25) is 0 Å². The average molecular weight is 314 g/mol. The first-order chi connectivity index (χ1) is 10.7. The van der Waals surface area contributed by atoms with E-state index in [1.165, 1.54) is 29.7 Å². The van der Waals surface area contributed by atoms with E-state index in [9.17, 15) is 4.39 Å². The number of aryl methyl sites for hydroxylation is 1. The van der Waals surface area contributed by atoms with E-state index in [0.717, 1.165) is 18.4 Å². The Labute approximate surface area is 135 Å². The highest BCUT2D eigenvalue weighted by atomic mass is 32.1. The molecule has 0 radical (unpaired) electrons. The zero-order valence-electron chi connectivity index (χ0n) is 12.3. The van der Waals surface area contributed by atoms with Crippen LogP contribution >= 0.6 is 12.2 Å². The van der Waals surface area contributed by atoms with E-state index in [-0.39, 0.29) is 11.9 Å². The van der Waals surface area contributed by atoms with E-state index >= 15 is 0 Å². The van der Waals surface area contributed by atoms with Crippen LogP contribution in [0.4, 0.5) is 4.39 Å². The average Bonchev–Trinajstić information content (AvgIpc) is 2.55. The lowest BCUT2D eigenvalue weighted by Gasteiger charge is -2.27. The highest BCUT2D eigenvalue weighted by Gasteiger charge is 2.19. The van der Waals surface area contributed by atoms with Crippen LogP contribution in [0.1, 0.15) is 35.6 Å². The van der Waals surface area contributed by atoms with Gasteiger partial charge in [-0.1, -0.05) is 36.4 Å². The van der Waals surface area contributed by atoms with Crippen molar-refractivity contribution in [2.24, 2.45) is 0 Å². The van der Waals surface area contributed by atoms with Crippen molar-refractivity contribution >= 4 is 17.3 Å². The lowest BCUT2D eigenvalue weighted by molar-refractivity contribution is 0.523. The third-order valence-corrected chi connectivity index (χ3v) is 4.30. The third kappa shape index (κ3) is 3.63. The summed E-state index contributed by atoms with van der Waals surface area (Å²) in [6.45, 7) is 0.598. The summed E-state index contributed by atoms with van der Waals surface area (Å²) in [5.74, 6) is -0.219. The topological polar surface area (TPSA) is 24.1 Å². The van der Waals surface area contributed by atoms with E-state index in [2.05, 4.69) is 34.9 Å². The second-order valence-corrected chi connectivity index (χ2v) is 6.01. The van der Waals surface area contributed by atoms with Gasteiger partial charge in [-0.2, -0.15) is 0 Å². The molecule has 22 heavy (non-hydrogen) atoms. The second kappa shape index (κ2) is 6.88. The highest BCUT2D eigenvalue weighted by molar-refractivity contribution is 7.80. The Bertz CT molecular complexity index is 654. The molecule has 3 rings (SSSR count). The Kier molecular flexibility index (Phi) is 4.68. The van der Waals surface area contributed by atoms with Gasteiger partial charge in [0.25, 0.3) is 0 Å². The van der Waals surface area contributed by atoms with Gasteiger partial charge < -0.3 is 10.6 Å². The molecule has 2 aromatic rings. The minimum Gasteiger partial charge on any atom is -0.359 e. The second-order valence-electron chi connectivity index (χ2n) is 5.60. The minimum atomic E-state index is -0.219. The van der Waals surface area contributed by atoms with Gasteiger partial charge in [0.15, 0.2) is 5.11 Å². The number of nitrogens with one attached hydrogen (secondary N) is 2. The van der Waals surface area contributed by atoms with E-state index in [4.69, 9.17) is 12.2 Å². The van der Waals surface area contributed by atoms with Crippen LogP contribution in [-0.2, 0) is 13.0 Å². The molecule has 2 N–H and O–H groups in total. The monoisotopic (exact) mass is 314 g/mol. The SMILES string of the molecule is Fc1ccc(CNC(=S)NC2CCCc3ccccc32)cc1. The van der Waals surface area contributed by atoms with Crippen molar-refractivity contribution in [2.75, 3.05) is 0 Å².